The number of hydrogen-bond donors (Lipinski definition) is 0. The zero-order chi connectivity index (χ0) is 16.7. The molecule has 0 heterocycles. The van der Waals surface area contributed by atoms with Crippen LogP contribution in [0.2, 0.25) is 0 Å². The summed E-state index contributed by atoms with van der Waals surface area (Å²) in [5.74, 6) is 1.01. The van der Waals surface area contributed by atoms with Crippen LogP contribution in [0.3, 0.4) is 0 Å². The predicted octanol–water partition coefficient (Wildman–Crippen LogP) is 4.65. The highest BCUT2D eigenvalue weighted by Crippen LogP contribution is 2.54. The van der Waals surface area contributed by atoms with E-state index in [1.165, 1.54) is 15.9 Å². The van der Waals surface area contributed by atoms with Crippen LogP contribution in [0.5, 0.6) is 0 Å². The van der Waals surface area contributed by atoms with E-state index in [9.17, 15) is 0 Å². The zero-order valence-corrected chi connectivity index (χ0v) is 15.4. The monoisotopic (exact) mass is 347 g/mol. The Kier molecular flexibility index (Phi) is 5.76. The average molecular weight is 347 g/mol. The quantitative estimate of drug-likeness (QED) is 0.489. The lowest BCUT2D eigenvalue weighted by Gasteiger charge is -2.20. The first-order chi connectivity index (χ1) is 11.9. The molecular weight excluding hydrogens is 327 g/mol. The van der Waals surface area contributed by atoms with E-state index in [-0.39, 0.29) is 0 Å². The highest BCUT2D eigenvalue weighted by Gasteiger charge is 2.44. The predicted molar refractivity (Wildman–Crippen MR) is 111 cm³/mol. The summed E-state index contributed by atoms with van der Waals surface area (Å²) >= 11 is 1.69. The van der Waals surface area contributed by atoms with E-state index in [2.05, 4.69) is 109 Å². The molecule has 0 radical (unpaired) electrons. The van der Waals surface area contributed by atoms with E-state index in [1.807, 2.05) is 0 Å². The fourth-order valence-electron chi connectivity index (χ4n) is 2.77. The standard InChI is InChI=1S/C22H20PS/c1-2-24-19-18-23(20-12-6-3-7-13-20,21-14-8-4-9-15-21)22-16-10-5-11-17-22/h3-17H,2H2,1H3/q+1. The summed E-state index contributed by atoms with van der Waals surface area (Å²) in [6, 6.07) is 32.2. The van der Waals surface area contributed by atoms with Gasteiger partial charge in [-0.25, -0.2) is 0 Å². The Morgan fingerprint density at radius 3 is 1.38 bits per heavy atom. The Hall–Kier alpha value is -2.00. The number of thioether (sulfide) groups is 1. The first-order valence-corrected chi connectivity index (χ1v) is 10.9. The summed E-state index contributed by atoms with van der Waals surface area (Å²) in [5.41, 5.74) is 3.71. The Morgan fingerprint density at radius 2 is 1.04 bits per heavy atom. The maximum atomic E-state index is 3.71. The van der Waals surface area contributed by atoms with Gasteiger partial charge in [-0.3, -0.25) is 0 Å². The van der Waals surface area contributed by atoms with Crippen LogP contribution in [0.15, 0.2) is 91.0 Å². The van der Waals surface area contributed by atoms with Gasteiger partial charge >= 0.3 is 0 Å². The second-order valence-corrected chi connectivity index (χ2v) is 9.51. The van der Waals surface area contributed by atoms with Crippen molar-refractivity contribution < 1.29 is 0 Å². The molecule has 0 N–H and O–H groups in total. The molecule has 0 unspecified atom stereocenters. The molecule has 0 aliphatic rings. The molecule has 0 fully saturated rings. The minimum absolute atomic E-state index is 1.01. The third-order valence-electron chi connectivity index (χ3n) is 3.86. The van der Waals surface area contributed by atoms with Crippen molar-refractivity contribution in [3.8, 4) is 10.9 Å². The number of rotatable bonds is 4. The molecule has 3 aromatic rings. The first-order valence-electron chi connectivity index (χ1n) is 8.08. The zero-order valence-electron chi connectivity index (χ0n) is 13.7. The Balaban J connectivity index is 2.31. The van der Waals surface area contributed by atoms with Crippen LogP contribution in [0, 0.1) is 10.9 Å². The Labute approximate surface area is 149 Å². The fraction of sp³-hybridized carbons (Fsp3) is 0.0909. The first kappa shape index (κ1) is 16.8. The molecular formula is C22H20PS+. The van der Waals surface area contributed by atoms with Gasteiger partial charge in [-0.2, -0.15) is 0 Å². The van der Waals surface area contributed by atoms with Crippen LogP contribution in [0.4, 0.5) is 0 Å². The molecule has 0 atom stereocenters. The summed E-state index contributed by atoms with van der Waals surface area (Å²) in [6.45, 7) is 2.15. The van der Waals surface area contributed by atoms with Gasteiger partial charge in [0, 0.05) is 11.0 Å². The van der Waals surface area contributed by atoms with Crippen LogP contribution < -0.4 is 15.9 Å². The van der Waals surface area contributed by atoms with Crippen molar-refractivity contribution >= 4 is 34.9 Å². The van der Waals surface area contributed by atoms with Crippen molar-refractivity contribution in [2.75, 3.05) is 5.75 Å². The molecule has 2 heteroatoms. The van der Waals surface area contributed by atoms with Gasteiger partial charge in [0.1, 0.15) is 21.6 Å². The Morgan fingerprint density at radius 1 is 0.667 bits per heavy atom. The van der Waals surface area contributed by atoms with E-state index in [0.29, 0.717) is 0 Å². The normalized spacial score (nSPS) is 10.7. The van der Waals surface area contributed by atoms with E-state index in [0.717, 1.165) is 5.75 Å². The maximum Gasteiger partial charge on any atom is 0.190 e. The van der Waals surface area contributed by atoms with Crippen LogP contribution in [-0.2, 0) is 0 Å². The smallest absolute Gasteiger partial charge is 0.0717 e. The molecule has 0 saturated carbocycles. The van der Waals surface area contributed by atoms with Crippen molar-refractivity contribution in [1.29, 1.82) is 0 Å². The lowest BCUT2D eigenvalue weighted by molar-refractivity contribution is 1.54. The second-order valence-electron chi connectivity index (χ2n) is 5.32. The lowest BCUT2D eigenvalue weighted by atomic mass is 10.4. The minimum atomic E-state index is -1.96. The van der Waals surface area contributed by atoms with Gasteiger partial charge in [-0.1, -0.05) is 73.3 Å². The molecule has 0 bridgehead atoms. The average Bonchev–Trinajstić information content (AvgIpc) is 2.68. The van der Waals surface area contributed by atoms with Gasteiger partial charge in [-0.15, -0.1) is 0 Å². The van der Waals surface area contributed by atoms with Crippen LogP contribution >= 0.6 is 19.0 Å². The molecule has 0 spiro atoms. The number of hydrogen-bond acceptors (Lipinski definition) is 1. The fourth-order valence-corrected chi connectivity index (χ4v) is 6.86. The van der Waals surface area contributed by atoms with Gasteiger partial charge in [0.25, 0.3) is 0 Å². The molecule has 0 saturated heterocycles. The molecule has 3 aromatic carbocycles. The lowest BCUT2D eigenvalue weighted by Crippen LogP contribution is -2.29. The van der Waals surface area contributed by atoms with Crippen LogP contribution in [-0.4, -0.2) is 5.75 Å². The van der Waals surface area contributed by atoms with Gasteiger partial charge in [0.15, 0.2) is 7.26 Å². The van der Waals surface area contributed by atoms with Crippen molar-refractivity contribution in [3.63, 3.8) is 0 Å². The molecule has 0 nitrogen and oxygen atoms in total. The van der Waals surface area contributed by atoms with Crippen molar-refractivity contribution in [2.45, 2.75) is 6.92 Å². The summed E-state index contributed by atoms with van der Waals surface area (Å²) in [7, 11) is -1.96. The van der Waals surface area contributed by atoms with Crippen molar-refractivity contribution in [1.82, 2.24) is 0 Å². The van der Waals surface area contributed by atoms with E-state index >= 15 is 0 Å². The third-order valence-corrected chi connectivity index (χ3v) is 8.21. The largest absolute Gasteiger partial charge is 0.190 e. The topological polar surface area (TPSA) is 0 Å². The van der Waals surface area contributed by atoms with Crippen molar-refractivity contribution in [3.05, 3.63) is 91.0 Å². The molecule has 3 rings (SSSR count). The Bertz CT molecular complexity index is 721. The number of benzene rings is 3. The summed E-state index contributed by atoms with van der Waals surface area (Å²) in [4.78, 5) is 0. The van der Waals surface area contributed by atoms with Crippen molar-refractivity contribution in [2.24, 2.45) is 0 Å². The molecule has 0 aromatic heterocycles. The second kappa shape index (κ2) is 8.20. The van der Waals surface area contributed by atoms with E-state index in [1.54, 1.807) is 11.8 Å². The third kappa shape index (κ3) is 3.41. The molecule has 0 amide bonds. The van der Waals surface area contributed by atoms with E-state index in [4.69, 9.17) is 0 Å². The summed E-state index contributed by atoms with van der Waals surface area (Å²) in [5, 5.41) is 7.32. The van der Waals surface area contributed by atoms with Crippen LogP contribution in [0.25, 0.3) is 0 Å². The molecule has 24 heavy (non-hydrogen) atoms. The van der Waals surface area contributed by atoms with Gasteiger partial charge < -0.3 is 0 Å². The molecule has 0 aliphatic carbocycles. The van der Waals surface area contributed by atoms with Gasteiger partial charge in [0.05, 0.1) is 0 Å². The molecule has 0 aliphatic heterocycles. The minimum Gasteiger partial charge on any atom is -0.0717 e. The van der Waals surface area contributed by atoms with Crippen LogP contribution in [0.1, 0.15) is 6.92 Å². The highest BCUT2D eigenvalue weighted by molar-refractivity contribution is 8.05. The van der Waals surface area contributed by atoms with Gasteiger partial charge in [-0.05, 0) is 36.4 Å². The maximum absolute atomic E-state index is 3.71. The SMILES string of the molecule is CCSC#C[P+](c1ccccc1)(c1ccccc1)c1ccccc1. The summed E-state index contributed by atoms with van der Waals surface area (Å²) < 4.78 is 0. The van der Waals surface area contributed by atoms with E-state index < -0.39 is 7.26 Å². The summed E-state index contributed by atoms with van der Waals surface area (Å²) in [6.07, 6.45) is 0. The highest BCUT2D eigenvalue weighted by atomic mass is 32.2. The van der Waals surface area contributed by atoms with Gasteiger partial charge in [0.2, 0.25) is 0 Å². The molecule has 118 valence electrons.